The maximum Gasteiger partial charge on any atom is 0.411 e. The van der Waals surface area contributed by atoms with Crippen molar-refractivity contribution in [1.82, 2.24) is 4.90 Å². The average Bonchev–Trinajstić information content (AvgIpc) is 2.55. The third kappa shape index (κ3) is 3.09. The van der Waals surface area contributed by atoms with Gasteiger partial charge in [0.1, 0.15) is 5.60 Å². The van der Waals surface area contributed by atoms with E-state index in [1.54, 1.807) is 0 Å². The molecule has 1 aliphatic rings. The fourth-order valence-corrected chi connectivity index (χ4v) is 3.17. The lowest BCUT2D eigenvalue weighted by molar-refractivity contribution is -0.0491. The molecule has 0 radical (unpaired) electrons. The maximum atomic E-state index is 12.6. The molecule has 23 heavy (non-hydrogen) atoms. The number of ether oxygens (including phenoxy) is 1. The molecule has 1 saturated heterocycles. The van der Waals surface area contributed by atoms with Crippen LogP contribution in [0.3, 0.4) is 0 Å². The van der Waals surface area contributed by atoms with Gasteiger partial charge in [0.15, 0.2) is 0 Å². The summed E-state index contributed by atoms with van der Waals surface area (Å²) in [6, 6.07) is 18.3. The maximum absolute atomic E-state index is 12.6. The summed E-state index contributed by atoms with van der Waals surface area (Å²) in [5.74, 6) is 0. The summed E-state index contributed by atoms with van der Waals surface area (Å²) >= 11 is 0. The molecule has 0 aromatic heterocycles. The number of aryl methyl sites for hydroxylation is 1. The van der Waals surface area contributed by atoms with Gasteiger partial charge in [0, 0.05) is 13.0 Å². The summed E-state index contributed by atoms with van der Waals surface area (Å²) < 4.78 is 5.86. The minimum absolute atomic E-state index is 0.0192. The molecule has 0 saturated carbocycles. The predicted molar refractivity (Wildman–Crippen MR) is 91.2 cm³/mol. The SMILES string of the molecule is Cc1cccc(C2(C)CCN(C(C)c3ccccc3)C(=O)O2)c1. The molecule has 2 aromatic rings. The molecule has 1 aliphatic heterocycles. The standard InChI is InChI=1S/C20H23NO2/c1-15-8-7-11-18(14-15)20(3)12-13-21(19(22)23-20)16(2)17-9-5-4-6-10-17/h4-11,14,16H,12-13H2,1-3H3. The summed E-state index contributed by atoms with van der Waals surface area (Å²) in [4.78, 5) is 14.4. The lowest BCUT2D eigenvalue weighted by atomic mass is 9.89. The summed E-state index contributed by atoms with van der Waals surface area (Å²) in [6.45, 7) is 6.80. The molecule has 1 heterocycles. The monoisotopic (exact) mass is 309 g/mol. The number of carbonyl (C=O) groups excluding carboxylic acids is 1. The lowest BCUT2D eigenvalue weighted by Gasteiger charge is -2.41. The summed E-state index contributed by atoms with van der Waals surface area (Å²) in [5.41, 5.74) is 2.83. The van der Waals surface area contributed by atoms with E-state index in [2.05, 4.69) is 19.1 Å². The van der Waals surface area contributed by atoms with Crippen molar-refractivity contribution in [3.8, 4) is 0 Å². The first-order valence-corrected chi connectivity index (χ1v) is 8.11. The van der Waals surface area contributed by atoms with Crippen LogP contribution in [0.4, 0.5) is 4.79 Å². The smallest absolute Gasteiger partial charge is 0.411 e. The number of rotatable bonds is 3. The van der Waals surface area contributed by atoms with Crippen LogP contribution >= 0.6 is 0 Å². The highest BCUT2D eigenvalue weighted by Gasteiger charge is 2.39. The zero-order valence-electron chi connectivity index (χ0n) is 14.0. The van der Waals surface area contributed by atoms with Gasteiger partial charge in [-0.1, -0.05) is 60.2 Å². The molecule has 3 heteroatoms. The topological polar surface area (TPSA) is 29.5 Å². The second-order valence-corrected chi connectivity index (χ2v) is 6.50. The van der Waals surface area contributed by atoms with Crippen LogP contribution in [-0.4, -0.2) is 17.5 Å². The number of benzene rings is 2. The second-order valence-electron chi connectivity index (χ2n) is 6.50. The zero-order chi connectivity index (χ0) is 16.4. The van der Waals surface area contributed by atoms with E-state index in [0.717, 1.165) is 17.5 Å². The molecule has 120 valence electrons. The molecule has 3 rings (SSSR count). The molecule has 0 N–H and O–H groups in total. The van der Waals surface area contributed by atoms with Crippen LogP contribution in [0.25, 0.3) is 0 Å². The molecule has 0 aliphatic carbocycles. The summed E-state index contributed by atoms with van der Waals surface area (Å²) in [5, 5.41) is 0. The molecule has 0 bridgehead atoms. The van der Waals surface area contributed by atoms with Gasteiger partial charge in [0.05, 0.1) is 6.04 Å². The normalized spacial score (nSPS) is 22.6. The Hall–Kier alpha value is -2.29. The highest BCUT2D eigenvalue weighted by atomic mass is 16.6. The minimum Gasteiger partial charge on any atom is -0.438 e. The van der Waals surface area contributed by atoms with Gasteiger partial charge >= 0.3 is 6.09 Å². The number of nitrogens with zero attached hydrogens (tertiary/aromatic N) is 1. The Balaban J connectivity index is 1.78. The van der Waals surface area contributed by atoms with Gasteiger partial charge < -0.3 is 9.64 Å². The van der Waals surface area contributed by atoms with Crippen LogP contribution < -0.4 is 0 Å². The van der Waals surface area contributed by atoms with Crippen LogP contribution in [0.1, 0.15) is 43.0 Å². The molecule has 2 atom stereocenters. The van der Waals surface area contributed by atoms with Crippen LogP contribution in [-0.2, 0) is 10.3 Å². The molecule has 0 spiro atoms. The van der Waals surface area contributed by atoms with Gasteiger partial charge in [-0.2, -0.15) is 0 Å². The third-order valence-electron chi connectivity index (χ3n) is 4.76. The van der Waals surface area contributed by atoms with Gasteiger partial charge in [-0.15, -0.1) is 0 Å². The van der Waals surface area contributed by atoms with Crippen LogP contribution in [0, 0.1) is 6.92 Å². The largest absolute Gasteiger partial charge is 0.438 e. The first kappa shape index (κ1) is 15.6. The van der Waals surface area contributed by atoms with Gasteiger partial charge in [-0.3, -0.25) is 0 Å². The fraction of sp³-hybridized carbons (Fsp3) is 0.350. The lowest BCUT2D eigenvalue weighted by Crippen LogP contribution is -2.47. The molecule has 1 fully saturated rings. The first-order chi connectivity index (χ1) is 11.0. The number of carbonyl (C=O) groups is 1. The third-order valence-corrected chi connectivity index (χ3v) is 4.76. The Morgan fingerprint density at radius 1 is 1.13 bits per heavy atom. The Morgan fingerprint density at radius 2 is 1.87 bits per heavy atom. The van der Waals surface area contributed by atoms with Crippen molar-refractivity contribution in [2.24, 2.45) is 0 Å². The quantitative estimate of drug-likeness (QED) is 0.814. The van der Waals surface area contributed by atoms with Crippen molar-refractivity contribution in [3.05, 3.63) is 71.3 Å². The Bertz CT molecular complexity index is 698. The molecule has 2 aromatic carbocycles. The van der Waals surface area contributed by atoms with Gasteiger partial charge in [0.25, 0.3) is 0 Å². The molecular weight excluding hydrogens is 286 g/mol. The summed E-state index contributed by atoms with van der Waals surface area (Å²) in [7, 11) is 0. The predicted octanol–water partition coefficient (Wildman–Crippen LogP) is 4.81. The van der Waals surface area contributed by atoms with Crippen molar-refractivity contribution in [2.75, 3.05) is 6.54 Å². The Labute approximate surface area is 137 Å². The Morgan fingerprint density at radius 3 is 2.52 bits per heavy atom. The first-order valence-electron chi connectivity index (χ1n) is 8.11. The van der Waals surface area contributed by atoms with Crippen molar-refractivity contribution >= 4 is 6.09 Å². The molecule has 1 amide bonds. The van der Waals surface area contributed by atoms with Crippen molar-refractivity contribution in [3.63, 3.8) is 0 Å². The van der Waals surface area contributed by atoms with E-state index in [1.807, 2.05) is 61.2 Å². The minimum atomic E-state index is -0.546. The van der Waals surface area contributed by atoms with Gasteiger partial charge in [-0.25, -0.2) is 4.79 Å². The van der Waals surface area contributed by atoms with E-state index in [9.17, 15) is 4.79 Å². The molecule has 3 nitrogen and oxygen atoms in total. The van der Waals surface area contributed by atoms with E-state index in [1.165, 1.54) is 5.56 Å². The Kier molecular flexibility index (Phi) is 4.12. The zero-order valence-corrected chi connectivity index (χ0v) is 14.0. The highest BCUT2D eigenvalue weighted by molar-refractivity contribution is 5.70. The van der Waals surface area contributed by atoms with Gasteiger partial charge in [-0.05, 0) is 31.9 Å². The molecule has 2 unspecified atom stereocenters. The van der Waals surface area contributed by atoms with Crippen molar-refractivity contribution in [1.29, 1.82) is 0 Å². The fourth-order valence-electron chi connectivity index (χ4n) is 3.17. The number of amides is 1. The van der Waals surface area contributed by atoms with Crippen molar-refractivity contribution < 1.29 is 9.53 Å². The summed E-state index contributed by atoms with van der Waals surface area (Å²) in [6.07, 6.45) is 0.552. The van der Waals surface area contributed by atoms with Crippen LogP contribution in [0.5, 0.6) is 0 Å². The number of cyclic esters (lactones) is 1. The molecular formula is C20H23NO2. The van der Waals surface area contributed by atoms with Gasteiger partial charge in [0.2, 0.25) is 0 Å². The van der Waals surface area contributed by atoms with E-state index in [-0.39, 0.29) is 12.1 Å². The van der Waals surface area contributed by atoms with E-state index >= 15 is 0 Å². The van der Waals surface area contributed by atoms with Crippen molar-refractivity contribution in [2.45, 2.75) is 38.8 Å². The van der Waals surface area contributed by atoms with E-state index in [0.29, 0.717) is 6.54 Å². The van der Waals surface area contributed by atoms with Crippen LogP contribution in [0.15, 0.2) is 54.6 Å². The van der Waals surface area contributed by atoms with E-state index in [4.69, 9.17) is 4.74 Å². The van der Waals surface area contributed by atoms with Crippen LogP contribution in [0.2, 0.25) is 0 Å². The number of hydrogen-bond donors (Lipinski definition) is 0. The highest BCUT2D eigenvalue weighted by Crippen LogP contribution is 2.36. The second kappa shape index (κ2) is 6.07. The average molecular weight is 309 g/mol. The van der Waals surface area contributed by atoms with E-state index < -0.39 is 5.60 Å². The number of hydrogen-bond acceptors (Lipinski definition) is 2.